The number of pyridine rings is 1. The lowest BCUT2D eigenvalue weighted by Gasteiger charge is -2.23. The Morgan fingerprint density at radius 3 is 2.73 bits per heavy atom. The molecule has 7 heteroatoms. The average molecular weight is 344 g/mol. The number of hydrogen-bond donors (Lipinski definition) is 1. The number of likely N-dealkylation sites (tertiary alicyclic amines) is 1. The fraction of sp³-hybridized carbons (Fsp3) is 0.667. The second-order valence-corrected chi connectivity index (χ2v) is 8.39. The monoisotopic (exact) mass is 343 g/mol. The van der Waals surface area contributed by atoms with Crippen molar-refractivity contribution >= 4 is 21.6 Å². The zero-order valence-corrected chi connectivity index (χ0v) is 14.3. The molecule has 1 N–H and O–H groups in total. The van der Waals surface area contributed by atoms with Crippen molar-refractivity contribution < 1.29 is 8.42 Å². The van der Waals surface area contributed by atoms with Crippen molar-refractivity contribution in [2.24, 2.45) is 0 Å². The second-order valence-electron chi connectivity index (χ2n) is 6.32. The van der Waals surface area contributed by atoms with Crippen molar-refractivity contribution in [1.29, 1.82) is 0 Å². The van der Waals surface area contributed by atoms with Crippen LogP contribution < -0.4 is 4.72 Å². The molecule has 1 aromatic rings. The summed E-state index contributed by atoms with van der Waals surface area (Å²) in [4.78, 5) is 6.56. The van der Waals surface area contributed by atoms with Crippen LogP contribution in [0.15, 0.2) is 17.2 Å². The van der Waals surface area contributed by atoms with E-state index < -0.39 is 10.0 Å². The van der Waals surface area contributed by atoms with Gasteiger partial charge in [0, 0.05) is 31.4 Å². The predicted molar refractivity (Wildman–Crippen MR) is 86.5 cm³/mol. The topological polar surface area (TPSA) is 62.3 Å². The summed E-state index contributed by atoms with van der Waals surface area (Å²) in [6.45, 7) is 3.55. The summed E-state index contributed by atoms with van der Waals surface area (Å²) in [5.74, 6) is 0. The molecule has 1 aromatic heterocycles. The molecule has 5 nitrogen and oxygen atoms in total. The van der Waals surface area contributed by atoms with Crippen LogP contribution in [0.25, 0.3) is 0 Å². The van der Waals surface area contributed by atoms with Gasteiger partial charge in [-0.05, 0) is 37.8 Å². The maximum Gasteiger partial charge on any atom is 0.242 e. The van der Waals surface area contributed by atoms with E-state index in [9.17, 15) is 8.42 Å². The fourth-order valence-electron chi connectivity index (χ4n) is 3.45. The van der Waals surface area contributed by atoms with E-state index in [-0.39, 0.29) is 10.9 Å². The highest BCUT2D eigenvalue weighted by Gasteiger charge is 2.32. The fourth-order valence-corrected chi connectivity index (χ4v) is 4.85. The van der Waals surface area contributed by atoms with Crippen LogP contribution in [0.2, 0.25) is 5.15 Å². The number of sulfonamides is 1. The summed E-state index contributed by atoms with van der Waals surface area (Å²) in [5, 5.41) is 0.340. The van der Waals surface area contributed by atoms with Gasteiger partial charge in [-0.15, -0.1) is 0 Å². The Balaban J connectivity index is 1.65. The Bertz CT molecular complexity index is 644. The number of aromatic nitrogens is 1. The van der Waals surface area contributed by atoms with Crippen molar-refractivity contribution in [3.8, 4) is 0 Å². The predicted octanol–water partition coefficient (Wildman–Crippen LogP) is 2.34. The van der Waals surface area contributed by atoms with Crippen LogP contribution >= 0.6 is 11.6 Å². The van der Waals surface area contributed by atoms with Crippen LogP contribution in [-0.2, 0) is 10.0 Å². The molecule has 0 aromatic carbocycles. The Morgan fingerprint density at radius 1 is 1.32 bits per heavy atom. The summed E-state index contributed by atoms with van der Waals surface area (Å²) in [6.07, 6.45) is 7.29. The molecule has 2 fully saturated rings. The smallest absolute Gasteiger partial charge is 0.242 e. The van der Waals surface area contributed by atoms with Gasteiger partial charge in [0.05, 0.1) is 0 Å². The first-order valence-electron chi connectivity index (χ1n) is 7.84. The lowest BCUT2D eigenvalue weighted by Crippen LogP contribution is -2.39. The van der Waals surface area contributed by atoms with Crippen LogP contribution in [0.1, 0.15) is 37.7 Å². The summed E-state index contributed by atoms with van der Waals surface area (Å²) >= 11 is 5.86. The van der Waals surface area contributed by atoms with Crippen LogP contribution in [0.4, 0.5) is 0 Å². The van der Waals surface area contributed by atoms with Gasteiger partial charge in [-0.2, -0.15) is 0 Å². The van der Waals surface area contributed by atoms with Crippen LogP contribution in [0.5, 0.6) is 0 Å². The zero-order chi connectivity index (χ0) is 15.7. The van der Waals surface area contributed by atoms with Crippen LogP contribution in [0.3, 0.4) is 0 Å². The van der Waals surface area contributed by atoms with Gasteiger partial charge in [-0.3, -0.25) is 4.90 Å². The number of hydrogen-bond acceptors (Lipinski definition) is 4. The largest absolute Gasteiger partial charge is 0.299 e. The molecule has 0 bridgehead atoms. The third kappa shape index (κ3) is 3.45. The summed E-state index contributed by atoms with van der Waals surface area (Å²) < 4.78 is 27.8. The molecule has 1 saturated carbocycles. The molecule has 0 spiro atoms. The summed E-state index contributed by atoms with van der Waals surface area (Å²) in [7, 11) is -3.53. The molecule has 1 aliphatic heterocycles. The third-order valence-corrected chi connectivity index (χ3v) is 6.57. The highest BCUT2D eigenvalue weighted by molar-refractivity contribution is 7.89. The molecular formula is C15H22ClN3O2S. The quantitative estimate of drug-likeness (QED) is 0.852. The lowest BCUT2D eigenvalue weighted by atomic mass is 10.2. The van der Waals surface area contributed by atoms with Gasteiger partial charge < -0.3 is 0 Å². The van der Waals surface area contributed by atoms with Gasteiger partial charge >= 0.3 is 0 Å². The van der Waals surface area contributed by atoms with Gasteiger partial charge in [0.2, 0.25) is 10.0 Å². The third-order valence-electron chi connectivity index (χ3n) is 4.68. The SMILES string of the molecule is Cc1cc(S(=O)(=O)NC2CCN(C3CCCC3)C2)cnc1Cl. The molecular weight excluding hydrogens is 322 g/mol. The lowest BCUT2D eigenvalue weighted by molar-refractivity contribution is 0.242. The van der Waals surface area contributed by atoms with Crippen molar-refractivity contribution in [1.82, 2.24) is 14.6 Å². The molecule has 3 rings (SSSR count). The van der Waals surface area contributed by atoms with E-state index in [2.05, 4.69) is 14.6 Å². The minimum absolute atomic E-state index is 0.0124. The molecule has 1 aliphatic carbocycles. The molecule has 2 heterocycles. The number of nitrogens with zero attached hydrogens (tertiary/aromatic N) is 2. The molecule has 2 aliphatic rings. The first-order valence-corrected chi connectivity index (χ1v) is 9.70. The Labute approximate surface area is 137 Å². The normalized spacial score (nSPS) is 24.2. The molecule has 1 saturated heterocycles. The van der Waals surface area contributed by atoms with Crippen LogP contribution in [-0.4, -0.2) is 43.5 Å². The van der Waals surface area contributed by atoms with Gasteiger partial charge in [0.1, 0.15) is 10.0 Å². The molecule has 1 unspecified atom stereocenters. The standard InChI is InChI=1S/C15H22ClN3O2S/c1-11-8-14(9-17-15(11)16)22(20,21)18-12-6-7-19(10-12)13-4-2-3-5-13/h8-9,12-13,18H,2-7,10H2,1H3. The Morgan fingerprint density at radius 2 is 2.05 bits per heavy atom. The number of rotatable bonds is 4. The molecule has 0 amide bonds. The zero-order valence-electron chi connectivity index (χ0n) is 12.8. The average Bonchev–Trinajstić information content (AvgIpc) is 3.11. The van der Waals surface area contributed by atoms with Crippen molar-refractivity contribution in [2.45, 2.75) is 56.0 Å². The second kappa shape index (κ2) is 6.43. The number of halogens is 1. The maximum absolute atomic E-state index is 12.5. The highest BCUT2D eigenvalue weighted by atomic mass is 35.5. The van der Waals surface area contributed by atoms with E-state index in [1.165, 1.54) is 31.9 Å². The van der Waals surface area contributed by atoms with Gasteiger partial charge in [0.15, 0.2) is 0 Å². The Hall–Kier alpha value is -0.690. The molecule has 1 atom stereocenters. The highest BCUT2D eigenvalue weighted by Crippen LogP contribution is 2.27. The Kier molecular flexibility index (Phi) is 4.73. The van der Waals surface area contributed by atoms with E-state index in [1.54, 1.807) is 13.0 Å². The molecule has 22 heavy (non-hydrogen) atoms. The van der Waals surface area contributed by atoms with Gasteiger partial charge in [0.25, 0.3) is 0 Å². The van der Waals surface area contributed by atoms with Gasteiger partial charge in [-0.25, -0.2) is 18.1 Å². The minimum Gasteiger partial charge on any atom is -0.299 e. The van der Waals surface area contributed by atoms with E-state index in [0.29, 0.717) is 16.8 Å². The van der Waals surface area contributed by atoms with E-state index in [1.807, 2.05) is 0 Å². The van der Waals surface area contributed by atoms with Gasteiger partial charge in [-0.1, -0.05) is 24.4 Å². The maximum atomic E-state index is 12.5. The first-order chi connectivity index (χ1) is 10.5. The van der Waals surface area contributed by atoms with Crippen molar-refractivity contribution in [2.75, 3.05) is 13.1 Å². The van der Waals surface area contributed by atoms with E-state index in [4.69, 9.17) is 11.6 Å². The minimum atomic E-state index is -3.53. The van der Waals surface area contributed by atoms with Crippen molar-refractivity contribution in [3.63, 3.8) is 0 Å². The van der Waals surface area contributed by atoms with E-state index >= 15 is 0 Å². The number of nitrogens with one attached hydrogen (secondary N) is 1. The summed E-state index contributed by atoms with van der Waals surface area (Å²) in [6, 6.07) is 2.21. The molecule has 0 radical (unpaired) electrons. The first kappa shape index (κ1) is 16.2. The van der Waals surface area contributed by atoms with Crippen molar-refractivity contribution in [3.05, 3.63) is 23.0 Å². The molecule has 122 valence electrons. The van der Waals surface area contributed by atoms with E-state index in [0.717, 1.165) is 19.5 Å². The van der Waals surface area contributed by atoms with Crippen LogP contribution in [0, 0.1) is 6.92 Å². The summed E-state index contributed by atoms with van der Waals surface area (Å²) in [5.41, 5.74) is 0.670. The number of aryl methyl sites for hydroxylation is 1.